The highest BCUT2D eigenvalue weighted by Crippen LogP contribution is 2.22. The molecule has 2 aromatic rings. The Morgan fingerprint density at radius 1 is 1.31 bits per heavy atom. The maximum absolute atomic E-state index is 13.3. The van der Waals surface area contributed by atoms with Crippen LogP contribution >= 0.6 is 0 Å². The molecule has 1 aromatic heterocycles. The molecule has 0 atom stereocenters. The summed E-state index contributed by atoms with van der Waals surface area (Å²) in [6.45, 7) is 1.79. The molecule has 13 heavy (non-hydrogen) atoms. The van der Waals surface area contributed by atoms with Crippen LogP contribution in [0.15, 0.2) is 24.3 Å². The Bertz CT molecular complexity index is 466. The minimum atomic E-state index is -0.255. The first-order valence-electron chi connectivity index (χ1n) is 4.00. The fourth-order valence-electron chi connectivity index (χ4n) is 1.40. The Hall–Kier alpha value is -1.64. The molecular formula is C10H9FN2. The van der Waals surface area contributed by atoms with Crippen molar-refractivity contribution in [2.75, 3.05) is 5.73 Å². The van der Waals surface area contributed by atoms with Crippen molar-refractivity contribution < 1.29 is 4.39 Å². The molecular weight excluding hydrogens is 167 g/mol. The van der Waals surface area contributed by atoms with Crippen LogP contribution in [0.2, 0.25) is 0 Å². The van der Waals surface area contributed by atoms with Crippen LogP contribution in [-0.2, 0) is 0 Å². The molecule has 66 valence electrons. The number of aromatic nitrogens is 1. The molecule has 3 heteroatoms. The zero-order valence-electron chi connectivity index (χ0n) is 7.21. The van der Waals surface area contributed by atoms with E-state index in [0.29, 0.717) is 16.6 Å². The fourth-order valence-corrected chi connectivity index (χ4v) is 1.40. The summed E-state index contributed by atoms with van der Waals surface area (Å²) in [5.74, 6) is 0.129. The maximum Gasteiger partial charge on any atom is 0.131 e. The summed E-state index contributed by atoms with van der Waals surface area (Å²) in [6.07, 6.45) is 0. The Balaban J connectivity index is 2.94. The topological polar surface area (TPSA) is 38.9 Å². The first-order valence-corrected chi connectivity index (χ1v) is 4.00. The van der Waals surface area contributed by atoms with Gasteiger partial charge in [0.15, 0.2) is 0 Å². The van der Waals surface area contributed by atoms with E-state index >= 15 is 0 Å². The monoisotopic (exact) mass is 176 g/mol. The SMILES string of the molecule is Cc1cc2c(F)cccc2c(N)n1. The quantitative estimate of drug-likeness (QED) is 0.668. The number of halogens is 1. The van der Waals surface area contributed by atoms with E-state index in [1.807, 2.05) is 0 Å². The van der Waals surface area contributed by atoms with Crippen LogP contribution in [0.3, 0.4) is 0 Å². The lowest BCUT2D eigenvalue weighted by Gasteiger charge is -2.03. The Kier molecular flexibility index (Phi) is 1.65. The van der Waals surface area contributed by atoms with Crippen LogP contribution in [0.5, 0.6) is 0 Å². The van der Waals surface area contributed by atoms with Gasteiger partial charge < -0.3 is 5.73 Å². The minimum absolute atomic E-state index is 0.255. The third kappa shape index (κ3) is 1.22. The predicted molar refractivity (Wildman–Crippen MR) is 50.9 cm³/mol. The van der Waals surface area contributed by atoms with Gasteiger partial charge in [-0.25, -0.2) is 9.37 Å². The molecule has 0 spiro atoms. The van der Waals surface area contributed by atoms with Crippen molar-refractivity contribution in [2.24, 2.45) is 0 Å². The minimum Gasteiger partial charge on any atom is -0.383 e. The maximum atomic E-state index is 13.3. The number of anilines is 1. The van der Waals surface area contributed by atoms with Crippen molar-refractivity contribution in [1.29, 1.82) is 0 Å². The van der Waals surface area contributed by atoms with Gasteiger partial charge >= 0.3 is 0 Å². The van der Waals surface area contributed by atoms with E-state index in [2.05, 4.69) is 4.98 Å². The van der Waals surface area contributed by atoms with Gasteiger partial charge in [-0.15, -0.1) is 0 Å². The molecule has 1 aromatic carbocycles. The molecule has 0 aliphatic heterocycles. The standard InChI is InChI=1S/C10H9FN2/c1-6-5-8-7(10(12)13-6)3-2-4-9(8)11/h2-5H,1H3,(H2,12,13). The first-order chi connectivity index (χ1) is 6.18. The molecule has 2 N–H and O–H groups in total. The summed E-state index contributed by atoms with van der Waals surface area (Å²) in [5.41, 5.74) is 6.38. The number of hydrogen-bond acceptors (Lipinski definition) is 2. The summed E-state index contributed by atoms with van der Waals surface area (Å²) in [7, 11) is 0. The number of nitrogen functional groups attached to an aromatic ring is 1. The Labute approximate surface area is 75.2 Å². The molecule has 0 fully saturated rings. The largest absolute Gasteiger partial charge is 0.383 e. The van der Waals surface area contributed by atoms with E-state index in [-0.39, 0.29) is 5.82 Å². The van der Waals surface area contributed by atoms with Crippen LogP contribution in [0.4, 0.5) is 10.2 Å². The lowest BCUT2D eigenvalue weighted by atomic mass is 10.1. The summed E-state index contributed by atoms with van der Waals surface area (Å²) in [6, 6.07) is 6.51. The molecule has 0 aliphatic rings. The zero-order valence-corrected chi connectivity index (χ0v) is 7.21. The van der Waals surface area contributed by atoms with Crippen molar-refractivity contribution in [1.82, 2.24) is 4.98 Å². The van der Waals surface area contributed by atoms with Crippen LogP contribution < -0.4 is 5.73 Å². The van der Waals surface area contributed by atoms with Crippen molar-refractivity contribution >= 4 is 16.6 Å². The highest BCUT2D eigenvalue weighted by Gasteiger charge is 2.04. The average molecular weight is 176 g/mol. The number of nitrogens with two attached hydrogens (primary N) is 1. The van der Waals surface area contributed by atoms with Crippen LogP contribution in [-0.4, -0.2) is 4.98 Å². The van der Waals surface area contributed by atoms with Gasteiger partial charge in [0.05, 0.1) is 0 Å². The van der Waals surface area contributed by atoms with Gasteiger partial charge in [0.1, 0.15) is 11.6 Å². The molecule has 0 bridgehead atoms. The molecule has 0 amide bonds. The lowest BCUT2D eigenvalue weighted by Crippen LogP contribution is -1.94. The number of rotatable bonds is 0. The van der Waals surface area contributed by atoms with E-state index in [0.717, 1.165) is 5.69 Å². The zero-order chi connectivity index (χ0) is 9.42. The van der Waals surface area contributed by atoms with Crippen molar-refractivity contribution in [3.8, 4) is 0 Å². The van der Waals surface area contributed by atoms with E-state index in [9.17, 15) is 4.39 Å². The number of hydrogen-bond donors (Lipinski definition) is 1. The van der Waals surface area contributed by atoms with Crippen LogP contribution in [0.1, 0.15) is 5.69 Å². The highest BCUT2D eigenvalue weighted by molar-refractivity contribution is 5.91. The summed E-state index contributed by atoms with van der Waals surface area (Å²) in [4.78, 5) is 4.05. The first kappa shape index (κ1) is 7.98. The summed E-state index contributed by atoms with van der Waals surface area (Å²) in [5, 5.41) is 1.21. The van der Waals surface area contributed by atoms with Gasteiger partial charge in [-0.3, -0.25) is 0 Å². The van der Waals surface area contributed by atoms with Gasteiger partial charge in [-0.2, -0.15) is 0 Å². The Morgan fingerprint density at radius 3 is 2.85 bits per heavy atom. The molecule has 1 heterocycles. The van der Waals surface area contributed by atoms with E-state index in [1.165, 1.54) is 6.07 Å². The van der Waals surface area contributed by atoms with Crippen molar-refractivity contribution in [3.05, 3.63) is 35.8 Å². The molecule has 0 aliphatic carbocycles. The predicted octanol–water partition coefficient (Wildman–Crippen LogP) is 2.26. The summed E-state index contributed by atoms with van der Waals surface area (Å²) >= 11 is 0. The van der Waals surface area contributed by atoms with Gasteiger partial charge in [0.2, 0.25) is 0 Å². The van der Waals surface area contributed by atoms with Crippen LogP contribution in [0, 0.1) is 12.7 Å². The molecule has 2 nitrogen and oxygen atoms in total. The van der Waals surface area contributed by atoms with Gasteiger partial charge in [0.25, 0.3) is 0 Å². The summed E-state index contributed by atoms with van der Waals surface area (Å²) < 4.78 is 13.3. The molecule has 0 saturated heterocycles. The second-order valence-electron chi connectivity index (χ2n) is 2.98. The highest BCUT2D eigenvalue weighted by atomic mass is 19.1. The van der Waals surface area contributed by atoms with E-state index < -0.39 is 0 Å². The van der Waals surface area contributed by atoms with Crippen LogP contribution in [0.25, 0.3) is 10.8 Å². The molecule has 0 saturated carbocycles. The normalized spacial score (nSPS) is 10.6. The molecule has 2 rings (SSSR count). The number of nitrogens with zero attached hydrogens (tertiary/aromatic N) is 1. The van der Waals surface area contributed by atoms with Gasteiger partial charge in [-0.1, -0.05) is 12.1 Å². The second-order valence-corrected chi connectivity index (χ2v) is 2.98. The fraction of sp³-hybridized carbons (Fsp3) is 0.100. The third-order valence-corrected chi connectivity index (χ3v) is 1.98. The van der Waals surface area contributed by atoms with E-state index in [4.69, 9.17) is 5.73 Å². The number of benzene rings is 1. The number of fused-ring (bicyclic) bond motifs is 1. The Morgan fingerprint density at radius 2 is 2.08 bits per heavy atom. The number of pyridine rings is 1. The van der Waals surface area contributed by atoms with E-state index in [1.54, 1.807) is 25.1 Å². The molecule has 0 unspecified atom stereocenters. The van der Waals surface area contributed by atoms with Crippen molar-refractivity contribution in [3.63, 3.8) is 0 Å². The molecule has 0 radical (unpaired) electrons. The van der Waals surface area contributed by atoms with Gasteiger partial charge in [-0.05, 0) is 19.1 Å². The smallest absolute Gasteiger partial charge is 0.131 e. The average Bonchev–Trinajstić information content (AvgIpc) is 2.07. The van der Waals surface area contributed by atoms with Crippen molar-refractivity contribution in [2.45, 2.75) is 6.92 Å². The van der Waals surface area contributed by atoms with Gasteiger partial charge in [0, 0.05) is 16.5 Å². The lowest BCUT2D eigenvalue weighted by molar-refractivity contribution is 0.639. The number of aryl methyl sites for hydroxylation is 1. The second kappa shape index (κ2) is 2.69. The third-order valence-electron chi connectivity index (χ3n) is 1.98.